The highest BCUT2D eigenvalue weighted by Gasteiger charge is 2.09. The minimum atomic E-state index is -0.429. The molecule has 1 N–H and O–H groups in total. The highest BCUT2D eigenvalue weighted by atomic mass is 19.1. The quantitative estimate of drug-likeness (QED) is 0.869. The molecular weight excluding hydrogens is 215 g/mol. The summed E-state index contributed by atoms with van der Waals surface area (Å²) in [7, 11) is 0. The number of rotatable bonds is 3. The first-order chi connectivity index (χ1) is 8.29. The van der Waals surface area contributed by atoms with Crippen LogP contribution < -0.4 is 5.32 Å². The van der Waals surface area contributed by atoms with Crippen molar-refractivity contribution in [2.24, 2.45) is 0 Å². The number of nitriles is 1. The van der Waals surface area contributed by atoms with Crippen molar-refractivity contribution in [2.75, 3.05) is 5.32 Å². The normalized spacial score (nSPS) is 11.5. The van der Waals surface area contributed by atoms with Gasteiger partial charge in [-0.25, -0.2) is 4.39 Å². The Morgan fingerprint density at radius 3 is 2.24 bits per heavy atom. The van der Waals surface area contributed by atoms with Crippen LogP contribution in [-0.2, 0) is 0 Å². The summed E-state index contributed by atoms with van der Waals surface area (Å²) in [4.78, 5) is 0. The van der Waals surface area contributed by atoms with Gasteiger partial charge in [0.1, 0.15) is 11.9 Å². The van der Waals surface area contributed by atoms with Gasteiger partial charge < -0.3 is 5.32 Å². The van der Waals surface area contributed by atoms with Crippen LogP contribution in [0.5, 0.6) is 0 Å². The zero-order chi connectivity index (χ0) is 12.1. The summed E-state index contributed by atoms with van der Waals surface area (Å²) in [5, 5.41) is 12.2. The minimum absolute atomic E-state index is 0.288. The van der Waals surface area contributed by atoms with Crippen molar-refractivity contribution >= 4 is 5.69 Å². The van der Waals surface area contributed by atoms with Gasteiger partial charge in [-0.2, -0.15) is 5.26 Å². The van der Waals surface area contributed by atoms with Crippen LogP contribution in [0.15, 0.2) is 54.6 Å². The SMILES string of the molecule is N#CC(Nc1ccc(F)cc1)c1ccccc1. The fraction of sp³-hybridized carbons (Fsp3) is 0.0714. The van der Waals surface area contributed by atoms with E-state index in [4.69, 9.17) is 5.26 Å². The Morgan fingerprint density at radius 2 is 1.65 bits per heavy atom. The second-order valence-corrected chi connectivity index (χ2v) is 3.62. The van der Waals surface area contributed by atoms with E-state index in [9.17, 15) is 4.39 Å². The molecule has 0 radical (unpaired) electrons. The van der Waals surface area contributed by atoms with Crippen LogP contribution in [0.3, 0.4) is 0 Å². The van der Waals surface area contributed by atoms with Crippen molar-refractivity contribution in [2.45, 2.75) is 6.04 Å². The molecule has 0 bridgehead atoms. The van der Waals surface area contributed by atoms with Crippen molar-refractivity contribution in [3.8, 4) is 6.07 Å². The van der Waals surface area contributed by atoms with Gasteiger partial charge in [0.2, 0.25) is 0 Å². The van der Waals surface area contributed by atoms with E-state index in [1.54, 1.807) is 12.1 Å². The molecule has 0 saturated carbocycles. The number of anilines is 1. The van der Waals surface area contributed by atoms with Crippen LogP contribution in [0.1, 0.15) is 11.6 Å². The smallest absolute Gasteiger partial charge is 0.140 e. The molecule has 2 nitrogen and oxygen atoms in total. The lowest BCUT2D eigenvalue weighted by Gasteiger charge is -2.12. The van der Waals surface area contributed by atoms with Crippen LogP contribution in [0.4, 0.5) is 10.1 Å². The van der Waals surface area contributed by atoms with Crippen molar-refractivity contribution in [1.82, 2.24) is 0 Å². The fourth-order valence-corrected chi connectivity index (χ4v) is 1.55. The molecule has 1 unspecified atom stereocenters. The van der Waals surface area contributed by atoms with Crippen molar-refractivity contribution in [3.63, 3.8) is 0 Å². The molecular formula is C14H11FN2. The molecule has 0 aliphatic carbocycles. The predicted molar refractivity (Wildman–Crippen MR) is 64.8 cm³/mol. The molecule has 0 saturated heterocycles. The highest BCUT2D eigenvalue weighted by molar-refractivity contribution is 5.47. The van der Waals surface area contributed by atoms with E-state index in [2.05, 4.69) is 11.4 Å². The van der Waals surface area contributed by atoms with Crippen LogP contribution in [0.2, 0.25) is 0 Å². The molecule has 0 fully saturated rings. The van der Waals surface area contributed by atoms with E-state index < -0.39 is 6.04 Å². The molecule has 0 aromatic heterocycles. The summed E-state index contributed by atoms with van der Waals surface area (Å²) in [6.45, 7) is 0. The summed E-state index contributed by atoms with van der Waals surface area (Å²) in [6.07, 6.45) is 0. The minimum Gasteiger partial charge on any atom is -0.366 e. The van der Waals surface area contributed by atoms with Gasteiger partial charge in [-0.3, -0.25) is 0 Å². The molecule has 17 heavy (non-hydrogen) atoms. The van der Waals surface area contributed by atoms with Gasteiger partial charge in [0.25, 0.3) is 0 Å². The van der Waals surface area contributed by atoms with Gasteiger partial charge in [0.05, 0.1) is 6.07 Å². The molecule has 1 atom stereocenters. The average molecular weight is 226 g/mol. The lowest BCUT2D eigenvalue weighted by molar-refractivity contribution is 0.628. The van der Waals surface area contributed by atoms with Gasteiger partial charge in [-0.05, 0) is 29.8 Å². The molecule has 2 rings (SSSR count). The van der Waals surface area contributed by atoms with Crippen LogP contribution in [-0.4, -0.2) is 0 Å². The monoisotopic (exact) mass is 226 g/mol. The first kappa shape index (κ1) is 11.2. The number of nitrogens with one attached hydrogen (secondary N) is 1. The number of hydrogen-bond acceptors (Lipinski definition) is 2. The number of hydrogen-bond donors (Lipinski definition) is 1. The molecule has 2 aromatic rings. The molecule has 0 amide bonds. The maximum absolute atomic E-state index is 12.7. The Kier molecular flexibility index (Phi) is 3.37. The van der Waals surface area contributed by atoms with Crippen molar-refractivity contribution in [3.05, 3.63) is 66.0 Å². The van der Waals surface area contributed by atoms with Gasteiger partial charge in [0, 0.05) is 5.69 Å². The van der Waals surface area contributed by atoms with Crippen molar-refractivity contribution in [1.29, 1.82) is 5.26 Å². The summed E-state index contributed by atoms with van der Waals surface area (Å²) < 4.78 is 12.7. The summed E-state index contributed by atoms with van der Waals surface area (Å²) >= 11 is 0. The van der Waals surface area contributed by atoms with E-state index in [1.807, 2.05) is 30.3 Å². The maximum atomic E-state index is 12.7. The standard InChI is InChI=1S/C14H11FN2/c15-12-6-8-13(9-7-12)17-14(10-16)11-4-2-1-3-5-11/h1-9,14,17H. The molecule has 0 aliphatic rings. The highest BCUT2D eigenvalue weighted by Crippen LogP contribution is 2.18. The van der Waals surface area contributed by atoms with E-state index in [1.165, 1.54) is 12.1 Å². The third-order valence-corrected chi connectivity index (χ3v) is 2.42. The van der Waals surface area contributed by atoms with E-state index in [0.29, 0.717) is 0 Å². The van der Waals surface area contributed by atoms with Gasteiger partial charge in [-0.15, -0.1) is 0 Å². The van der Waals surface area contributed by atoms with Gasteiger partial charge in [0.15, 0.2) is 0 Å². The summed E-state index contributed by atoms with van der Waals surface area (Å²) in [6, 6.07) is 17.1. The third-order valence-electron chi connectivity index (χ3n) is 2.42. The van der Waals surface area contributed by atoms with Crippen LogP contribution in [0, 0.1) is 17.1 Å². The average Bonchev–Trinajstić information content (AvgIpc) is 2.39. The topological polar surface area (TPSA) is 35.8 Å². The fourth-order valence-electron chi connectivity index (χ4n) is 1.55. The van der Waals surface area contributed by atoms with Crippen LogP contribution in [0.25, 0.3) is 0 Å². The van der Waals surface area contributed by atoms with Gasteiger partial charge >= 0.3 is 0 Å². The lowest BCUT2D eigenvalue weighted by Crippen LogP contribution is -2.08. The first-order valence-corrected chi connectivity index (χ1v) is 5.26. The number of benzene rings is 2. The second-order valence-electron chi connectivity index (χ2n) is 3.62. The maximum Gasteiger partial charge on any atom is 0.140 e. The summed E-state index contributed by atoms with van der Waals surface area (Å²) in [5.41, 5.74) is 1.61. The second kappa shape index (κ2) is 5.13. The molecule has 0 heterocycles. The molecule has 0 aliphatic heterocycles. The van der Waals surface area contributed by atoms with E-state index in [-0.39, 0.29) is 5.82 Å². The summed E-state index contributed by atoms with van der Waals surface area (Å²) in [5.74, 6) is -0.288. The Morgan fingerprint density at radius 1 is 1.00 bits per heavy atom. The Labute approximate surface area is 99.3 Å². The number of nitrogens with zero attached hydrogens (tertiary/aromatic N) is 1. The van der Waals surface area contributed by atoms with Crippen LogP contribution >= 0.6 is 0 Å². The zero-order valence-electron chi connectivity index (χ0n) is 9.10. The molecule has 3 heteroatoms. The van der Waals surface area contributed by atoms with Gasteiger partial charge in [-0.1, -0.05) is 30.3 Å². The largest absolute Gasteiger partial charge is 0.366 e. The van der Waals surface area contributed by atoms with E-state index >= 15 is 0 Å². The Hall–Kier alpha value is -2.34. The van der Waals surface area contributed by atoms with E-state index in [0.717, 1.165) is 11.3 Å². The predicted octanol–water partition coefficient (Wildman–Crippen LogP) is 3.50. The first-order valence-electron chi connectivity index (χ1n) is 5.26. The Balaban J connectivity index is 2.17. The number of halogens is 1. The molecule has 2 aromatic carbocycles. The Bertz CT molecular complexity index is 514. The third kappa shape index (κ3) is 2.82. The molecule has 0 spiro atoms. The lowest BCUT2D eigenvalue weighted by atomic mass is 10.1. The zero-order valence-corrected chi connectivity index (χ0v) is 9.10. The molecule has 84 valence electrons. The van der Waals surface area contributed by atoms with Crippen molar-refractivity contribution < 1.29 is 4.39 Å².